The molecule has 4 rings (SSSR count). The van der Waals surface area contributed by atoms with Gasteiger partial charge < -0.3 is 9.64 Å². The van der Waals surface area contributed by atoms with E-state index in [1.807, 2.05) is 12.3 Å². The van der Waals surface area contributed by atoms with E-state index in [4.69, 9.17) is 4.74 Å². The minimum absolute atomic E-state index is 0.729. The van der Waals surface area contributed by atoms with Gasteiger partial charge in [-0.15, -0.1) is 0 Å². The lowest BCUT2D eigenvalue weighted by molar-refractivity contribution is -0.00341. The maximum atomic E-state index is 6.07. The van der Waals surface area contributed by atoms with Gasteiger partial charge >= 0.3 is 0 Å². The molecule has 3 fully saturated rings. The molecule has 1 aromatic heterocycles. The van der Waals surface area contributed by atoms with E-state index in [0.29, 0.717) is 0 Å². The van der Waals surface area contributed by atoms with Crippen LogP contribution in [-0.2, 0) is 11.3 Å². The summed E-state index contributed by atoms with van der Waals surface area (Å²) in [6.45, 7) is 11.5. The predicted molar refractivity (Wildman–Crippen MR) is 113 cm³/mol. The average Bonchev–Trinajstić information content (AvgIpc) is 2.75. The van der Waals surface area contributed by atoms with Crippen LogP contribution in [0.5, 0.6) is 0 Å². The van der Waals surface area contributed by atoms with Crippen molar-refractivity contribution in [3.05, 3.63) is 30.1 Å². The molecule has 0 saturated carbocycles. The predicted octanol–water partition coefficient (Wildman–Crippen LogP) is 2.87. The van der Waals surface area contributed by atoms with Crippen LogP contribution in [0, 0.1) is 5.92 Å². The zero-order valence-corrected chi connectivity index (χ0v) is 17.5. The molecule has 0 radical (unpaired) electrons. The van der Waals surface area contributed by atoms with Crippen molar-refractivity contribution in [2.24, 2.45) is 5.92 Å². The SMILES string of the molecule is c1ccc(CN2CCN3CC(COCCCN4CCCCC4)CC[C@H]3C2)nc1. The second kappa shape index (κ2) is 10.7. The Morgan fingerprint density at radius 3 is 2.75 bits per heavy atom. The van der Waals surface area contributed by atoms with E-state index in [2.05, 4.69) is 31.8 Å². The summed E-state index contributed by atoms with van der Waals surface area (Å²) in [6.07, 6.45) is 9.95. The summed E-state index contributed by atoms with van der Waals surface area (Å²) in [5, 5.41) is 0. The largest absolute Gasteiger partial charge is 0.381 e. The fourth-order valence-corrected chi connectivity index (χ4v) is 5.15. The monoisotopic (exact) mass is 386 g/mol. The Labute approximate surface area is 171 Å². The fraction of sp³-hybridized carbons (Fsp3) is 0.783. The van der Waals surface area contributed by atoms with Crippen molar-refractivity contribution in [3.8, 4) is 0 Å². The van der Waals surface area contributed by atoms with E-state index < -0.39 is 0 Å². The van der Waals surface area contributed by atoms with Gasteiger partial charge in [-0.25, -0.2) is 0 Å². The van der Waals surface area contributed by atoms with Gasteiger partial charge in [0.05, 0.1) is 12.3 Å². The van der Waals surface area contributed by atoms with Crippen LogP contribution >= 0.6 is 0 Å². The lowest BCUT2D eigenvalue weighted by Gasteiger charge is -2.46. The molecular formula is C23H38N4O. The third-order valence-corrected chi connectivity index (χ3v) is 6.77. The van der Waals surface area contributed by atoms with Crippen molar-refractivity contribution in [3.63, 3.8) is 0 Å². The number of aromatic nitrogens is 1. The van der Waals surface area contributed by atoms with Gasteiger partial charge in [-0.1, -0.05) is 12.5 Å². The zero-order valence-electron chi connectivity index (χ0n) is 17.5. The van der Waals surface area contributed by atoms with Crippen molar-refractivity contribution < 1.29 is 4.74 Å². The molecule has 156 valence electrons. The van der Waals surface area contributed by atoms with Crippen LogP contribution < -0.4 is 0 Å². The van der Waals surface area contributed by atoms with E-state index in [1.54, 1.807) is 0 Å². The lowest BCUT2D eigenvalue weighted by atomic mass is 9.91. The Kier molecular flexibility index (Phi) is 7.73. The number of piperazine rings is 1. The second-order valence-corrected chi connectivity index (χ2v) is 8.98. The molecule has 5 nitrogen and oxygen atoms in total. The van der Waals surface area contributed by atoms with Crippen LogP contribution in [0.2, 0.25) is 0 Å². The third-order valence-electron chi connectivity index (χ3n) is 6.77. The van der Waals surface area contributed by atoms with Crippen molar-refractivity contribution in [1.29, 1.82) is 0 Å². The maximum absolute atomic E-state index is 6.07. The molecular weight excluding hydrogens is 348 g/mol. The zero-order chi connectivity index (χ0) is 19.0. The summed E-state index contributed by atoms with van der Waals surface area (Å²) in [6, 6.07) is 6.97. The van der Waals surface area contributed by atoms with Crippen LogP contribution in [0.4, 0.5) is 0 Å². The molecule has 0 bridgehead atoms. The van der Waals surface area contributed by atoms with Gasteiger partial charge in [-0.05, 0) is 63.2 Å². The molecule has 5 heteroatoms. The van der Waals surface area contributed by atoms with E-state index in [1.165, 1.54) is 83.5 Å². The van der Waals surface area contributed by atoms with Crippen molar-refractivity contribution in [2.75, 3.05) is 59.0 Å². The highest BCUT2D eigenvalue weighted by molar-refractivity contribution is 5.04. The van der Waals surface area contributed by atoms with Crippen LogP contribution in [-0.4, -0.2) is 84.8 Å². The van der Waals surface area contributed by atoms with E-state index in [0.717, 1.165) is 38.3 Å². The number of rotatable bonds is 8. The molecule has 1 unspecified atom stereocenters. The van der Waals surface area contributed by atoms with Crippen LogP contribution in [0.25, 0.3) is 0 Å². The Bertz CT molecular complexity index is 563. The van der Waals surface area contributed by atoms with Gasteiger partial charge in [-0.2, -0.15) is 0 Å². The van der Waals surface area contributed by atoms with Gasteiger partial charge in [0.15, 0.2) is 0 Å². The molecule has 3 aliphatic rings. The Morgan fingerprint density at radius 1 is 0.964 bits per heavy atom. The number of likely N-dealkylation sites (tertiary alicyclic amines) is 1. The Hall–Kier alpha value is -1.01. The van der Waals surface area contributed by atoms with Gasteiger partial charge in [0.1, 0.15) is 0 Å². The van der Waals surface area contributed by atoms with Crippen LogP contribution in [0.15, 0.2) is 24.4 Å². The number of fused-ring (bicyclic) bond motifs is 1. The first-order valence-corrected chi connectivity index (χ1v) is 11.5. The molecule has 0 aromatic carbocycles. The number of piperidine rings is 2. The van der Waals surface area contributed by atoms with Crippen molar-refractivity contribution in [1.82, 2.24) is 19.7 Å². The summed E-state index contributed by atoms with van der Waals surface area (Å²) in [4.78, 5) is 12.4. The van der Waals surface area contributed by atoms with E-state index in [-0.39, 0.29) is 0 Å². The summed E-state index contributed by atoms with van der Waals surface area (Å²) < 4.78 is 6.07. The Balaban J connectivity index is 1.10. The molecule has 2 atom stereocenters. The molecule has 0 amide bonds. The number of ether oxygens (including phenoxy) is 1. The summed E-state index contributed by atoms with van der Waals surface area (Å²) in [5.74, 6) is 0.730. The standard InChI is InChI=1S/C23H38N4O/c1-4-11-25(12-5-1)13-6-16-28-20-21-8-9-23-19-26(14-15-27(23)17-21)18-22-7-2-3-10-24-22/h2-3,7,10,21,23H,1,4-6,8-9,11-20H2/t21?,23-/m0/s1. The molecule has 3 saturated heterocycles. The minimum atomic E-state index is 0.729. The number of hydrogen-bond acceptors (Lipinski definition) is 5. The lowest BCUT2D eigenvalue weighted by Crippen LogP contribution is -2.56. The average molecular weight is 387 g/mol. The smallest absolute Gasteiger partial charge is 0.0543 e. The molecule has 0 spiro atoms. The number of pyridine rings is 1. The first-order valence-electron chi connectivity index (χ1n) is 11.5. The first kappa shape index (κ1) is 20.3. The van der Waals surface area contributed by atoms with Crippen LogP contribution in [0.3, 0.4) is 0 Å². The highest BCUT2D eigenvalue weighted by atomic mass is 16.5. The molecule has 1 aromatic rings. The Morgan fingerprint density at radius 2 is 1.89 bits per heavy atom. The highest BCUT2D eigenvalue weighted by Gasteiger charge is 2.32. The molecule has 0 N–H and O–H groups in total. The fourth-order valence-electron chi connectivity index (χ4n) is 5.15. The topological polar surface area (TPSA) is 31.8 Å². The van der Waals surface area contributed by atoms with Gasteiger partial charge in [0.25, 0.3) is 0 Å². The second-order valence-electron chi connectivity index (χ2n) is 8.98. The van der Waals surface area contributed by atoms with E-state index in [9.17, 15) is 0 Å². The highest BCUT2D eigenvalue weighted by Crippen LogP contribution is 2.26. The number of hydrogen-bond donors (Lipinski definition) is 0. The van der Waals surface area contributed by atoms with Gasteiger partial charge in [0, 0.05) is 58.1 Å². The first-order chi connectivity index (χ1) is 13.9. The van der Waals surface area contributed by atoms with Gasteiger partial charge in [-0.3, -0.25) is 14.8 Å². The van der Waals surface area contributed by atoms with E-state index >= 15 is 0 Å². The van der Waals surface area contributed by atoms with Crippen molar-refractivity contribution >= 4 is 0 Å². The maximum Gasteiger partial charge on any atom is 0.0543 e. The molecule has 0 aliphatic carbocycles. The molecule has 3 aliphatic heterocycles. The number of nitrogens with zero attached hydrogens (tertiary/aromatic N) is 4. The quantitative estimate of drug-likeness (QED) is 0.642. The summed E-state index contributed by atoms with van der Waals surface area (Å²) in [5.41, 5.74) is 1.20. The van der Waals surface area contributed by atoms with Gasteiger partial charge in [0.2, 0.25) is 0 Å². The summed E-state index contributed by atoms with van der Waals surface area (Å²) in [7, 11) is 0. The van der Waals surface area contributed by atoms with Crippen LogP contribution in [0.1, 0.15) is 44.2 Å². The third kappa shape index (κ3) is 5.99. The van der Waals surface area contributed by atoms with Crippen molar-refractivity contribution in [2.45, 2.75) is 51.1 Å². The normalized spacial score (nSPS) is 27.6. The summed E-state index contributed by atoms with van der Waals surface area (Å²) >= 11 is 0. The minimum Gasteiger partial charge on any atom is -0.381 e. The molecule has 28 heavy (non-hydrogen) atoms. The molecule has 4 heterocycles.